The van der Waals surface area contributed by atoms with E-state index in [9.17, 15) is 9.59 Å². The van der Waals surface area contributed by atoms with Crippen LogP contribution >= 0.6 is 0 Å². The maximum absolute atomic E-state index is 11.4. The largest absolute Gasteiger partial charge is 0.469 e. The van der Waals surface area contributed by atoms with E-state index in [0.29, 0.717) is 0 Å². The van der Waals surface area contributed by atoms with E-state index in [1.54, 1.807) is 13.8 Å². The Morgan fingerprint density at radius 1 is 1.38 bits per heavy atom. The normalized spacial score (nSPS) is 12.8. The van der Waals surface area contributed by atoms with Crippen LogP contribution in [0.15, 0.2) is 0 Å². The number of methoxy groups -OCH3 is 1. The Hall–Kier alpha value is -1.26. The molecule has 0 aromatic heterocycles. The van der Waals surface area contributed by atoms with Crippen LogP contribution in [0.1, 0.15) is 34.1 Å². The molecule has 0 fully saturated rings. The van der Waals surface area contributed by atoms with Crippen molar-refractivity contribution in [2.75, 3.05) is 13.7 Å². The number of amides is 2. The minimum atomic E-state index is -0.707. The molecule has 2 amide bonds. The first kappa shape index (κ1) is 14.7. The topological polar surface area (TPSA) is 67.4 Å². The maximum Gasteiger partial charge on any atom is 0.315 e. The van der Waals surface area contributed by atoms with Crippen molar-refractivity contribution in [3.05, 3.63) is 0 Å². The van der Waals surface area contributed by atoms with Crippen molar-refractivity contribution in [2.24, 2.45) is 5.41 Å². The number of nitrogens with one attached hydrogen (secondary N) is 2. The zero-order valence-corrected chi connectivity index (χ0v) is 10.7. The third-order valence-electron chi connectivity index (χ3n) is 2.42. The van der Waals surface area contributed by atoms with Crippen LogP contribution in [0.25, 0.3) is 0 Å². The number of ether oxygens (including phenoxy) is 1. The monoisotopic (exact) mass is 230 g/mol. The van der Waals surface area contributed by atoms with Gasteiger partial charge in [-0.25, -0.2) is 4.79 Å². The number of hydrogen-bond donors (Lipinski definition) is 2. The lowest BCUT2D eigenvalue weighted by molar-refractivity contribution is -0.150. The molecule has 2 N–H and O–H groups in total. The molecule has 16 heavy (non-hydrogen) atoms. The number of esters is 1. The van der Waals surface area contributed by atoms with Gasteiger partial charge in [0.2, 0.25) is 0 Å². The molecule has 0 spiro atoms. The molecule has 0 unspecified atom stereocenters. The van der Waals surface area contributed by atoms with E-state index in [4.69, 9.17) is 0 Å². The molecule has 0 radical (unpaired) electrons. The molecule has 0 aliphatic heterocycles. The van der Waals surface area contributed by atoms with Crippen LogP contribution in [0, 0.1) is 5.41 Å². The molecule has 1 atom stereocenters. The number of urea groups is 1. The van der Waals surface area contributed by atoms with E-state index in [1.807, 2.05) is 13.8 Å². The second-order valence-corrected chi connectivity index (χ2v) is 4.51. The van der Waals surface area contributed by atoms with E-state index in [-0.39, 0.29) is 24.6 Å². The summed E-state index contributed by atoms with van der Waals surface area (Å²) in [5.74, 6) is -0.337. The smallest absolute Gasteiger partial charge is 0.315 e. The van der Waals surface area contributed by atoms with Gasteiger partial charge in [-0.05, 0) is 27.2 Å². The summed E-state index contributed by atoms with van der Waals surface area (Å²) in [6, 6.07) is -0.132. The van der Waals surface area contributed by atoms with Gasteiger partial charge in [-0.15, -0.1) is 0 Å². The fourth-order valence-corrected chi connectivity index (χ4v) is 1.03. The highest BCUT2D eigenvalue weighted by Crippen LogP contribution is 2.15. The Kier molecular flexibility index (Phi) is 5.85. The van der Waals surface area contributed by atoms with Gasteiger partial charge in [0.15, 0.2) is 0 Å². The van der Waals surface area contributed by atoms with E-state index >= 15 is 0 Å². The van der Waals surface area contributed by atoms with Crippen molar-refractivity contribution >= 4 is 12.0 Å². The summed E-state index contributed by atoms with van der Waals surface area (Å²) in [7, 11) is 1.34. The Morgan fingerprint density at radius 3 is 2.38 bits per heavy atom. The van der Waals surface area contributed by atoms with Crippen LogP contribution in [-0.2, 0) is 9.53 Å². The van der Waals surface area contributed by atoms with Crippen molar-refractivity contribution in [3.8, 4) is 0 Å². The minimum absolute atomic E-state index is 0.126. The van der Waals surface area contributed by atoms with Gasteiger partial charge < -0.3 is 15.4 Å². The van der Waals surface area contributed by atoms with Crippen molar-refractivity contribution in [1.29, 1.82) is 0 Å². The highest BCUT2D eigenvalue weighted by atomic mass is 16.5. The summed E-state index contributed by atoms with van der Waals surface area (Å²) >= 11 is 0. The van der Waals surface area contributed by atoms with Gasteiger partial charge in [0.1, 0.15) is 0 Å². The predicted molar refractivity (Wildman–Crippen MR) is 62.1 cm³/mol. The third-order valence-corrected chi connectivity index (χ3v) is 2.42. The van der Waals surface area contributed by atoms with Gasteiger partial charge in [-0.1, -0.05) is 6.92 Å². The van der Waals surface area contributed by atoms with Crippen molar-refractivity contribution in [3.63, 3.8) is 0 Å². The molecule has 0 aromatic rings. The average molecular weight is 230 g/mol. The van der Waals surface area contributed by atoms with Crippen molar-refractivity contribution in [2.45, 2.75) is 40.2 Å². The van der Waals surface area contributed by atoms with E-state index in [2.05, 4.69) is 15.4 Å². The molecule has 0 heterocycles. The summed E-state index contributed by atoms with van der Waals surface area (Å²) in [5, 5.41) is 5.41. The predicted octanol–water partition coefficient (Wildman–Crippen LogP) is 1.28. The molecule has 0 saturated heterocycles. The Labute approximate surface area is 96.9 Å². The number of carbonyl (C=O) groups excluding carboxylic acids is 2. The number of hydrogen-bond acceptors (Lipinski definition) is 3. The summed E-state index contributed by atoms with van der Waals surface area (Å²) in [6.07, 6.45) is 0.869. The minimum Gasteiger partial charge on any atom is -0.469 e. The van der Waals surface area contributed by atoms with Gasteiger partial charge in [0.25, 0.3) is 0 Å². The molecule has 94 valence electrons. The van der Waals surface area contributed by atoms with Crippen LogP contribution in [0.3, 0.4) is 0 Å². The lowest BCUT2D eigenvalue weighted by Gasteiger charge is -2.22. The zero-order chi connectivity index (χ0) is 12.8. The first-order valence-electron chi connectivity index (χ1n) is 5.46. The van der Waals surface area contributed by atoms with Crippen LogP contribution in [0.2, 0.25) is 0 Å². The molecule has 0 bridgehead atoms. The van der Waals surface area contributed by atoms with Gasteiger partial charge in [-0.2, -0.15) is 0 Å². The molecular weight excluding hydrogens is 208 g/mol. The lowest BCUT2D eigenvalue weighted by atomic mass is 9.94. The zero-order valence-electron chi connectivity index (χ0n) is 10.7. The molecule has 0 rings (SSSR count). The Bertz CT molecular complexity index is 252. The maximum atomic E-state index is 11.4. The number of rotatable bonds is 5. The molecule has 5 heteroatoms. The molecule has 0 saturated carbocycles. The fraction of sp³-hybridized carbons (Fsp3) is 0.818. The standard InChI is InChI=1S/C11H22N2O3/c1-6-8(2)13-10(15)12-7-11(3,4)9(14)16-5/h8H,6-7H2,1-5H3,(H2,12,13,15)/t8-/m1/s1. The van der Waals surface area contributed by atoms with Gasteiger partial charge in [0.05, 0.1) is 12.5 Å². The Morgan fingerprint density at radius 2 is 1.94 bits per heavy atom. The molecule has 0 aliphatic rings. The van der Waals surface area contributed by atoms with Crippen LogP contribution < -0.4 is 10.6 Å². The third kappa shape index (κ3) is 5.00. The molecular formula is C11H22N2O3. The SMILES string of the molecule is CC[C@@H](C)NC(=O)NCC(C)(C)C(=O)OC. The highest BCUT2D eigenvalue weighted by Gasteiger charge is 2.29. The summed E-state index contributed by atoms with van der Waals surface area (Å²) in [6.45, 7) is 7.61. The molecule has 0 aromatic carbocycles. The summed E-state index contributed by atoms with van der Waals surface area (Å²) in [5.41, 5.74) is -0.707. The summed E-state index contributed by atoms with van der Waals surface area (Å²) < 4.78 is 4.64. The van der Waals surface area contributed by atoms with Crippen molar-refractivity contribution < 1.29 is 14.3 Å². The van der Waals surface area contributed by atoms with E-state index in [1.165, 1.54) is 7.11 Å². The van der Waals surface area contributed by atoms with Crippen LogP contribution in [0.4, 0.5) is 4.79 Å². The first-order valence-corrected chi connectivity index (χ1v) is 5.46. The van der Waals surface area contributed by atoms with Gasteiger partial charge in [-0.3, -0.25) is 4.79 Å². The molecule has 0 aliphatic carbocycles. The first-order chi connectivity index (χ1) is 7.33. The van der Waals surface area contributed by atoms with Gasteiger partial charge >= 0.3 is 12.0 Å². The van der Waals surface area contributed by atoms with Crippen LogP contribution in [-0.4, -0.2) is 31.7 Å². The lowest BCUT2D eigenvalue weighted by Crippen LogP contribution is -2.46. The average Bonchev–Trinajstić information content (AvgIpc) is 2.25. The summed E-state index contributed by atoms with van der Waals surface area (Å²) in [4.78, 5) is 22.7. The number of carbonyl (C=O) groups is 2. The quantitative estimate of drug-likeness (QED) is 0.699. The van der Waals surface area contributed by atoms with E-state index < -0.39 is 5.41 Å². The second kappa shape index (κ2) is 6.35. The fourth-order valence-electron chi connectivity index (χ4n) is 1.03. The van der Waals surface area contributed by atoms with E-state index in [0.717, 1.165) is 6.42 Å². The highest BCUT2D eigenvalue weighted by molar-refractivity contribution is 5.78. The molecule has 5 nitrogen and oxygen atoms in total. The van der Waals surface area contributed by atoms with Gasteiger partial charge in [0, 0.05) is 12.6 Å². The van der Waals surface area contributed by atoms with Crippen LogP contribution in [0.5, 0.6) is 0 Å². The Balaban J connectivity index is 4.05. The van der Waals surface area contributed by atoms with Crippen molar-refractivity contribution in [1.82, 2.24) is 10.6 Å². The second-order valence-electron chi connectivity index (χ2n) is 4.51.